The molecule has 2 rings (SSSR count). The van der Waals surface area contributed by atoms with Crippen LogP contribution in [0.2, 0.25) is 0 Å². The average Bonchev–Trinajstić information content (AvgIpc) is 2.86. The Morgan fingerprint density at radius 1 is 0.868 bits per heavy atom. The van der Waals surface area contributed by atoms with Crippen LogP contribution in [0.5, 0.6) is 23.0 Å². The average molecular weight is 530 g/mol. The van der Waals surface area contributed by atoms with Gasteiger partial charge in [0, 0.05) is 32.4 Å². The van der Waals surface area contributed by atoms with E-state index in [2.05, 4.69) is 4.90 Å². The Bertz CT molecular complexity index is 1180. The summed E-state index contributed by atoms with van der Waals surface area (Å²) < 4.78 is 28.4. The van der Waals surface area contributed by atoms with Crippen molar-refractivity contribution in [3.8, 4) is 23.0 Å². The van der Waals surface area contributed by atoms with Crippen molar-refractivity contribution in [2.45, 2.75) is 60.5 Å². The molecule has 0 heterocycles. The predicted molar refractivity (Wildman–Crippen MR) is 145 cm³/mol. The number of methoxy groups -OCH3 is 2. The van der Waals surface area contributed by atoms with Crippen LogP contribution in [0.15, 0.2) is 29.8 Å². The first-order valence-corrected chi connectivity index (χ1v) is 12.7. The molecular formula is C29H39NO8. The molecule has 0 aliphatic heterocycles. The molecule has 9 nitrogen and oxygen atoms in total. The van der Waals surface area contributed by atoms with Gasteiger partial charge < -0.3 is 28.6 Å². The van der Waals surface area contributed by atoms with E-state index in [9.17, 15) is 14.4 Å². The molecule has 1 atom stereocenters. The summed E-state index contributed by atoms with van der Waals surface area (Å²) in [6.07, 6.45) is 1.87. The molecule has 0 fully saturated rings. The zero-order valence-electron chi connectivity index (χ0n) is 23.6. The highest BCUT2D eigenvalue weighted by atomic mass is 16.6. The van der Waals surface area contributed by atoms with Gasteiger partial charge in [-0.05, 0) is 45.1 Å². The molecule has 0 aliphatic rings. The molecule has 38 heavy (non-hydrogen) atoms. The Kier molecular flexibility index (Phi) is 11.6. The van der Waals surface area contributed by atoms with Gasteiger partial charge in [-0.25, -0.2) is 0 Å². The first-order valence-electron chi connectivity index (χ1n) is 12.7. The lowest BCUT2D eigenvalue weighted by molar-refractivity contribution is -0.149. The number of hydrogen-bond acceptors (Lipinski definition) is 9. The molecule has 2 aromatic rings. The normalized spacial score (nSPS) is 11.6. The Balaban J connectivity index is 2.76. The van der Waals surface area contributed by atoms with E-state index in [0.717, 1.165) is 18.7 Å². The van der Waals surface area contributed by atoms with Crippen molar-refractivity contribution in [2.75, 3.05) is 33.9 Å². The van der Waals surface area contributed by atoms with Crippen molar-refractivity contribution in [1.82, 2.24) is 4.90 Å². The maximum absolute atomic E-state index is 12.9. The molecule has 0 spiro atoms. The molecule has 0 aromatic heterocycles. The molecule has 0 saturated carbocycles. The summed E-state index contributed by atoms with van der Waals surface area (Å²) in [6, 6.07) is 4.75. The summed E-state index contributed by atoms with van der Waals surface area (Å²) >= 11 is 0. The molecule has 0 aliphatic carbocycles. The maximum Gasteiger partial charge on any atom is 0.308 e. The second-order valence-electron chi connectivity index (χ2n) is 8.97. The van der Waals surface area contributed by atoms with Crippen LogP contribution >= 0.6 is 0 Å². The van der Waals surface area contributed by atoms with Gasteiger partial charge in [0.1, 0.15) is 29.1 Å². The molecule has 2 aromatic carbocycles. The van der Waals surface area contributed by atoms with Crippen LogP contribution in [-0.2, 0) is 19.1 Å². The van der Waals surface area contributed by atoms with E-state index in [1.807, 2.05) is 33.8 Å². The van der Waals surface area contributed by atoms with E-state index in [4.69, 9.17) is 23.7 Å². The van der Waals surface area contributed by atoms with Crippen molar-refractivity contribution in [1.29, 1.82) is 0 Å². The van der Waals surface area contributed by atoms with Gasteiger partial charge in [0.25, 0.3) is 0 Å². The Labute approximate surface area is 224 Å². The van der Waals surface area contributed by atoms with Crippen molar-refractivity contribution in [3.63, 3.8) is 0 Å². The minimum Gasteiger partial charge on any atom is -0.496 e. The zero-order chi connectivity index (χ0) is 28.4. The van der Waals surface area contributed by atoms with Gasteiger partial charge in [-0.3, -0.25) is 14.4 Å². The third-order valence-corrected chi connectivity index (χ3v) is 5.97. The first-order chi connectivity index (χ1) is 18.1. The smallest absolute Gasteiger partial charge is 0.308 e. The highest BCUT2D eigenvalue weighted by Gasteiger charge is 2.28. The van der Waals surface area contributed by atoms with Crippen molar-refractivity contribution >= 4 is 28.7 Å². The third-order valence-electron chi connectivity index (χ3n) is 5.97. The monoisotopic (exact) mass is 529 g/mol. The summed E-state index contributed by atoms with van der Waals surface area (Å²) in [5.41, 5.74) is 1.58. The highest BCUT2D eigenvalue weighted by Crippen LogP contribution is 2.49. The molecule has 0 radical (unpaired) electrons. The summed E-state index contributed by atoms with van der Waals surface area (Å²) in [7, 11) is 2.95. The van der Waals surface area contributed by atoms with E-state index in [0.29, 0.717) is 40.8 Å². The molecule has 0 saturated heterocycles. The maximum atomic E-state index is 12.9. The number of fused-ring (bicyclic) bond motifs is 1. The second-order valence-corrected chi connectivity index (χ2v) is 8.97. The van der Waals surface area contributed by atoms with Gasteiger partial charge in [-0.1, -0.05) is 25.5 Å². The number of carbonyl (C=O) groups is 3. The zero-order valence-corrected chi connectivity index (χ0v) is 23.6. The van der Waals surface area contributed by atoms with E-state index in [-0.39, 0.29) is 23.9 Å². The highest BCUT2D eigenvalue weighted by molar-refractivity contribution is 6.04. The number of rotatable bonds is 13. The number of allylic oxidation sites excluding steroid dienone is 1. The van der Waals surface area contributed by atoms with Crippen LogP contribution in [0.25, 0.3) is 10.8 Å². The second kappa shape index (κ2) is 14.4. The summed E-state index contributed by atoms with van der Waals surface area (Å²) in [6.45, 7) is 12.8. The minimum atomic E-state index is -0.718. The van der Waals surface area contributed by atoms with Crippen molar-refractivity contribution in [3.05, 3.63) is 35.4 Å². The lowest BCUT2D eigenvalue weighted by Crippen LogP contribution is -2.26. The predicted octanol–water partition coefficient (Wildman–Crippen LogP) is 5.38. The number of benzene rings is 2. The van der Waals surface area contributed by atoms with Gasteiger partial charge >= 0.3 is 17.9 Å². The SMILES string of the molecule is CCN(CC)CCC(=O)O[C@@H](CC=C(C)C)c1cc(OC)c2c(OC(C)=O)ccc(OC(C)=O)c2c1OC. The molecule has 0 amide bonds. The first kappa shape index (κ1) is 30.6. The van der Waals surface area contributed by atoms with Crippen molar-refractivity contribution in [2.24, 2.45) is 0 Å². The summed E-state index contributed by atoms with van der Waals surface area (Å²) in [4.78, 5) is 38.8. The number of nitrogens with zero attached hydrogens (tertiary/aromatic N) is 1. The van der Waals surface area contributed by atoms with Gasteiger partial charge in [-0.15, -0.1) is 0 Å². The number of esters is 3. The topological polar surface area (TPSA) is 101 Å². The van der Waals surface area contributed by atoms with E-state index in [1.54, 1.807) is 6.07 Å². The van der Waals surface area contributed by atoms with Gasteiger partial charge in [-0.2, -0.15) is 0 Å². The van der Waals surface area contributed by atoms with Gasteiger partial charge in [0.15, 0.2) is 0 Å². The number of hydrogen-bond donors (Lipinski definition) is 0. The third kappa shape index (κ3) is 7.95. The lowest BCUT2D eigenvalue weighted by Gasteiger charge is -2.24. The van der Waals surface area contributed by atoms with Gasteiger partial charge in [0.2, 0.25) is 0 Å². The largest absolute Gasteiger partial charge is 0.496 e. The quantitative estimate of drug-likeness (QED) is 0.192. The molecular weight excluding hydrogens is 490 g/mol. The Morgan fingerprint density at radius 2 is 1.45 bits per heavy atom. The van der Waals surface area contributed by atoms with Crippen LogP contribution in [0.3, 0.4) is 0 Å². The van der Waals surface area contributed by atoms with Crippen LogP contribution in [0, 0.1) is 0 Å². The van der Waals surface area contributed by atoms with E-state index < -0.39 is 18.0 Å². The Hall–Kier alpha value is -3.59. The fourth-order valence-electron chi connectivity index (χ4n) is 4.15. The minimum absolute atomic E-state index is 0.189. The summed E-state index contributed by atoms with van der Waals surface area (Å²) in [5.74, 6) is -0.366. The lowest BCUT2D eigenvalue weighted by atomic mass is 9.96. The molecule has 0 bridgehead atoms. The van der Waals surface area contributed by atoms with Gasteiger partial charge in [0.05, 0.1) is 31.4 Å². The molecule has 9 heteroatoms. The summed E-state index contributed by atoms with van der Waals surface area (Å²) in [5, 5.41) is 0.744. The Morgan fingerprint density at radius 3 is 1.92 bits per heavy atom. The number of carbonyl (C=O) groups excluding carboxylic acids is 3. The number of ether oxygens (including phenoxy) is 5. The van der Waals surface area contributed by atoms with Crippen molar-refractivity contribution < 1.29 is 38.1 Å². The molecule has 0 unspecified atom stereocenters. The standard InChI is InChI=1S/C29H39NO8/c1-9-30(10-2)16-15-26(33)38-22(12-11-18(3)4)21-17-25(34-7)27-23(36-19(5)31)13-14-24(37-20(6)32)28(27)29(21)35-8/h11,13-14,17,22H,9-10,12,15-16H2,1-8H3/t22-/m0/s1. The van der Waals surface area contributed by atoms with Crippen LogP contribution in [0.4, 0.5) is 0 Å². The van der Waals surface area contributed by atoms with Crippen LogP contribution < -0.4 is 18.9 Å². The van der Waals surface area contributed by atoms with E-state index >= 15 is 0 Å². The van der Waals surface area contributed by atoms with Crippen LogP contribution in [0.1, 0.15) is 66.1 Å². The molecule has 0 N–H and O–H groups in total. The van der Waals surface area contributed by atoms with Crippen LogP contribution in [-0.4, -0.2) is 56.7 Å². The fourth-order valence-corrected chi connectivity index (χ4v) is 4.15. The fraction of sp³-hybridized carbons (Fsp3) is 0.483. The molecule has 208 valence electrons. The van der Waals surface area contributed by atoms with E-state index in [1.165, 1.54) is 40.2 Å².